The second-order valence-electron chi connectivity index (χ2n) is 5.83. The van der Waals surface area contributed by atoms with Gasteiger partial charge in [0.25, 0.3) is 0 Å². The third-order valence-electron chi connectivity index (χ3n) is 4.53. The Morgan fingerprint density at radius 1 is 1.16 bits per heavy atom. The van der Waals surface area contributed by atoms with E-state index in [1.807, 2.05) is 0 Å². The number of nitrogens with one attached hydrogen (secondary N) is 1. The van der Waals surface area contributed by atoms with Crippen molar-refractivity contribution in [3.63, 3.8) is 0 Å². The molecule has 0 amide bonds. The predicted octanol–water partition coefficient (Wildman–Crippen LogP) is 4.70. The highest BCUT2D eigenvalue weighted by Crippen LogP contribution is 2.42. The average molecular weight is 253 g/mol. The molecule has 2 aromatic rings. The molecule has 2 unspecified atom stereocenters. The summed E-state index contributed by atoms with van der Waals surface area (Å²) in [6, 6.07) is 11.8. The Morgan fingerprint density at radius 2 is 1.89 bits per heavy atom. The maximum Gasteiger partial charge on any atom is 0.0323 e. The first-order valence-corrected chi connectivity index (χ1v) is 7.48. The van der Waals surface area contributed by atoms with Gasteiger partial charge in [-0.3, -0.25) is 0 Å². The molecule has 2 atom stereocenters. The summed E-state index contributed by atoms with van der Waals surface area (Å²) >= 11 is 0. The molecule has 0 spiro atoms. The summed E-state index contributed by atoms with van der Waals surface area (Å²) in [6.45, 7) is 7.86. The van der Waals surface area contributed by atoms with E-state index in [9.17, 15) is 0 Å². The van der Waals surface area contributed by atoms with Crippen molar-refractivity contribution in [2.75, 3.05) is 6.54 Å². The van der Waals surface area contributed by atoms with Crippen LogP contribution in [0.25, 0.3) is 10.8 Å². The third kappa shape index (κ3) is 2.06. The molecule has 0 aromatic heterocycles. The largest absolute Gasteiger partial charge is 0.310 e. The summed E-state index contributed by atoms with van der Waals surface area (Å²) in [6.07, 6.45) is 2.55. The molecule has 0 saturated heterocycles. The van der Waals surface area contributed by atoms with Crippen LogP contribution in [0.2, 0.25) is 0 Å². The van der Waals surface area contributed by atoms with Gasteiger partial charge < -0.3 is 5.32 Å². The highest BCUT2D eigenvalue weighted by molar-refractivity contribution is 5.90. The lowest BCUT2D eigenvalue weighted by Gasteiger charge is -2.32. The third-order valence-corrected chi connectivity index (χ3v) is 4.53. The zero-order valence-corrected chi connectivity index (χ0v) is 12.2. The molecule has 1 heteroatoms. The topological polar surface area (TPSA) is 12.0 Å². The second kappa shape index (κ2) is 4.97. The van der Waals surface area contributed by atoms with Crippen LogP contribution < -0.4 is 5.32 Å². The molecule has 1 nitrogen and oxygen atoms in total. The Hall–Kier alpha value is -1.34. The van der Waals surface area contributed by atoms with E-state index in [-0.39, 0.29) is 0 Å². The summed E-state index contributed by atoms with van der Waals surface area (Å²) in [5.41, 5.74) is 4.53. The normalized spacial score (nSPS) is 22.5. The molecule has 0 fully saturated rings. The number of rotatable bonds is 2. The van der Waals surface area contributed by atoms with Gasteiger partial charge in [0.2, 0.25) is 0 Å². The number of fused-ring (bicyclic) bond motifs is 3. The van der Waals surface area contributed by atoms with Gasteiger partial charge in [-0.25, -0.2) is 0 Å². The maximum absolute atomic E-state index is 3.65. The van der Waals surface area contributed by atoms with Crippen LogP contribution in [-0.4, -0.2) is 6.54 Å². The molecule has 0 saturated carbocycles. The van der Waals surface area contributed by atoms with Crippen LogP contribution in [0.5, 0.6) is 0 Å². The minimum absolute atomic E-state index is 0.541. The monoisotopic (exact) mass is 253 g/mol. The summed E-state index contributed by atoms with van der Waals surface area (Å²) in [5, 5.41) is 6.54. The second-order valence-corrected chi connectivity index (χ2v) is 5.83. The van der Waals surface area contributed by atoms with Crippen molar-refractivity contribution in [3.8, 4) is 0 Å². The first-order valence-electron chi connectivity index (χ1n) is 7.48. The Labute approximate surface area is 116 Å². The van der Waals surface area contributed by atoms with Crippen molar-refractivity contribution in [1.29, 1.82) is 0 Å². The van der Waals surface area contributed by atoms with E-state index in [0.717, 1.165) is 6.54 Å². The maximum atomic E-state index is 3.65. The lowest BCUT2D eigenvalue weighted by atomic mass is 9.77. The molecule has 19 heavy (non-hydrogen) atoms. The van der Waals surface area contributed by atoms with Gasteiger partial charge >= 0.3 is 0 Å². The Balaban J connectivity index is 2.27. The average Bonchev–Trinajstić information content (AvgIpc) is 2.42. The summed E-state index contributed by atoms with van der Waals surface area (Å²) in [5.74, 6) is 0.676. The van der Waals surface area contributed by atoms with Crippen LogP contribution in [0.4, 0.5) is 0 Å². The number of hydrogen-bond acceptors (Lipinski definition) is 1. The highest BCUT2D eigenvalue weighted by Gasteiger charge is 2.26. The number of hydrogen-bond donors (Lipinski definition) is 1. The standard InChI is InChI=1S/C18H23N/c1-4-19-17-10-9-12(2)18-15-8-6-5-7-14(15)13(3)11-16(17)18/h5-8,11-12,17,19H,4,9-10H2,1-3H3. The molecule has 0 bridgehead atoms. The van der Waals surface area contributed by atoms with E-state index in [0.29, 0.717) is 12.0 Å². The van der Waals surface area contributed by atoms with Crippen molar-refractivity contribution in [2.24, 2.45) is 0 Å². The molecule has 100 valence electrons. The van der Waals surface area contributed by atoms with Crippen LogP contribution >= 0.6 is 0 Å². The molecule has 1 aliphatic carbocycles. The fraction of sp³-hybridized carbons (Fsp3) is 0.444. The van der Waals surface area contributed by atoms with Gasteiger partial charge in [0.05, 0.1) is 0 Å². The molecule has 0 radical (unpaired) electrons. The molecular formula is C18H23N. The fourth-order valence-corrected chi connectivity index (χ4v) is 3.62. The van der Waals surface area contributed by atoms with Crippen LogP contribution in [0.15, 0.2) is 30.3 Å². The van der Waals surface area contributed by atoms with E-state index in [1.165, 1.54) is 34.7 Å². The summed E-state index contributed by atoms with van der Waals surface area (Å²) < 4.78 is 0. The summed E-state index contributed by atoms with van der Waals surface area (Å²) in [7, 11) is 0. The first-order chi connectivity index (χ1) is 9.22. The fourth-order valence-electron chi connectivity index (χ4n) is 3.62. The van der Waals surface area contributed by atoms with Crippen molar-refractivity contribution in [1.82, 2.24) is 5.32 Å². The minimum atomic E-state index is 0.541. The van der Waals surface area contributed by atoms with Crippen LogP contribution in [-0.2, 0) is 0 Å². The number of aryl methyl sites for hydroxylation is 1. The Morgan fingerprint density at radius 3 is 2.63 bits per heavy atom. The van der Waals surface area contributed by atoms with Crippen molar-refractivity contribution >= 4 is 10.8 Å². The smallest absolute Gasteiger partial charge is 0.0323 e. The first kappa shape index (κ1) is 12.7. The Kier molecular flexibility index (Phi) is 3.32. The van der Waals surface area contributed by atoms with E-state index in [4.69, 9.17) is 0 Å². The van der Waals surface area contributed by atoms with Crippen molar-refractivity contribution in [2.45, 2.75) is 45.6 Å². The molecule has 1 aliphatic rings. The molecule has 1 N–H and O–H groups in total. The molecule has 2 aromatic carbocycles. The summed E-state index contributed by atoms with van der Waals surface area (Å²) in [4.78, 5) is 0. The molecule has 0 heterocycles. The van der Waals surface area contributed by atoms with Gasteiger partial charge in [-0.15, -0.1) is 0 Å². The lowest BCUT2D eigenvalue weighted by Crippen LogP contribution is -2.26. The van der Waals surface area contributed by atoms with Gasteiger partial charge in [0.1, 0.15) is 0 Å². The zero-order chi connectivity index (χ0) is 13.4. The van der Waals surface area contributed by atoms with E-state index < -0.39 is 0 Å². The predicted molar refractivity (Wildman–Crippen MR) is 82.8 cm³/mol. The Bertz CT molecular complexity index is 600. The minimum Gasteiger partial charge on any atom is -0.310 e. The van der Waals surface area contributed by atoms with Crippen molar-refractivity contribution in [3.05, 3.63) is 47.0 Å². The van der Waals surface area contributed by atoms with Crippen LogP contribution in [0, 0.1) is 6.92 Å². The van der Waals surface area contributed by atoms with E-state index >= 15 is 0 Å². The zero-order valence-electron chi connectivity index (χ0n) is 12.2. The molecular weight excluding hydrogens is 230 g/mol. The van der Waals surface area contributed by atoms with Gasteiger partial charge in [0.15, 0.2) is 0 Å². The lowest BCUT2D eigenvalue weighted by molar-refractivity contribution is 0.443. The van der Waals surface area contributed by atoms with Crippen LogP contribution in [0.1, 0.15) is 55.3 Å². The number of benzene rings is 2. The van der Waals surface area contributed by atoms with Crippen molar-refractivity contribution < 1.29 is 0 Å². The van der Waals surface area contributed by atoms with Gasteiger partial charge in [-0.05, 0) is 59.7 Å². The van der Waals surface area contributed by atoms with Gasteiger partial charge in [-0.2, -0.15) is 0 Å². The molecule has 0 aliphatic heterocycles. The van der Waals surface area contributed by atoms with E-state index in [1.54, 1.807) is 5.56 Å². The van der Waals surface area contributed by atoms with Crippen LogP contribution in [0.3, 0.4) is 0 Å². The van der Waals surface area contributed by atoms with E-state index in [2.05, 4.69) is 56.4 Å². The molecule has 3 rings (SSSR count). The highest BCUT2D eigenvalue weighted by atomic mass is 14.9. The van der Waals surface area contributed by atoms with Gasteiger partial charge in [-0.1, -0.05) is 44.2 Å². The quantitative estimate of drug-likeness (QED) is 0.818. The van der Waals surface area contributed by atoms with Gasteiger partial charge in [0, 0.05) is 6.04 Å². The SMILES string of the molecule is CCNC1CCC(C)c2c1cc(C)c1ccccc21.